The number of nitrogens with one attached hydrogen (secondary N) is 1. The molecule has 38 heavy (non-hydrogen) atoms. The fourth-order valence-electron chi connectivity index (χ4n) is 2.03. The molecule has 0 aliphatic heterocycles. The molecule has 0 spiro atoms. The molecule has 0 atom stereocenters. The van der Waals surface area contributed by atoms with Gasteiger partial charge in [0.05, 0.1) is 26.3 Å². The number of likely N-dealkylation sites (N-methyl/N-ethyl adjacent to an activating group) is 2. The van der Waals surface area contributed by atoms with Crippen molar-refractivity contribution in [3.63, 3.8) is 0 Å². The monoisotopic (exact) mass is 619 g/mol. The van der Waals surface area contributed by atoms with E-state index in [9.17, 15) is 14.4 Å². The van der Waals surface area contributed by atoms with E-state index >= 15 is 0 Å². The number of carbonyl (C=O) groups excluding carboxylic acids is 5. The van der Waals surface area contributed by atoms with Crippen LogP contribution >= 0.6 is 15.9 Å². The predicted molar refractivity (Wildman–Crippen MR) is 156 cm³/mol. The van der Waals surface area contributed by atoms with Gasteiger partial charge in [0.15, 0.2) is 0 Å². The third kappa shape index (κ3) is 76.5. The standard InChI is InChI=1S/C8H17NO2.C6H13NO2.C4H7BrO2.C4H11N.3CH2O/c1-4-6-9(3)7-8(10)11-5-2;1-3-4-7(2)5-6(8)9;1-2-7-4(6)3-5;1-3-4-5-2;3*1-2/h4-7H2,1-3H3;3-5H2,1-2H3,(H,8,9);2-3H2,1H3;5H,3-4H2,1-2H3;3*1H2. The summed E-state index contributed by atoms with van der Waals surface area (Å²) in [6.07, 6.45) is 3.30. The highest BCUT2D eigenvalue weighted by Gasteiger charge is 2.04. The van der Waals surface area contributed by atoms with Crippen LogP contribution < -0.4 is 5.32 Å². The Hall–Kier alpha value is -2.22. The number of carboxylic acids is 1. The first-order chi connectivity index (χ1) is 18.1. The van der Waals surface area contributed by atoms with Crippen molar-refractivity contribution in [3.8, 4) is 0 Å². The Morgan fingerprint density at radius 2 is 1.11 bits per heavy atom. The number of halogens is 1. The molecule has 12 nitrogen and oxygen atoms in total. The van der Waals surface area contributed by atoms with Crippen molar-refractivity contribution in [2.24, 2.45) is 0 Å². The van der Waals surface area contributed by atoms with Crippen molar-refractivity contribution >= 4 is 54.2 Å². The summed E-state index contributed by atoms with van der Waals surface area (Å²) in [5, 5.41) is 11.6. The molecule has 0 aliphatic carbocycles. The molecule has 0 saturated heterocycles. The van der Waals surface area contributed by atoms with Crippen LogP contribution in [0.3, 0.4) is 0 Å². The number of rotatable bonds is 13. The Morgan fingerprint density at radius 1 is 0.737 bits per heavy atom. The Kier molecular flexibility index (Phi) is 76.1. The Labute approximate surface area is 238 Å². The minimum Gasteiger partial charge on any atom is -0.480 e. The molecular weight excluding hydrogens is 566 g/mol. The molecule has 0 unspecified atom stereocenters. The van der Waals surface area contributed by atoms with Crippen LogP contribution in [0, 0.1) is 0 Å². The molecule has 0 aromatic heterocycles. The zero-order valence-electron chi connectivity index (χ0n) is 24.9. The summed E-state index contributed by atoms with van der Waals surface area (Å²) in [7, 11) is 5.68. The quantitative estimate of drug-likeness (QED) is 0.229. The van der Waals surface area contributed by atoms with Gasteiger partial charge in [-0.05, 0) is 73.9 Å². The van der Waals surface area contributed by atoms with E-state index in [1.54, 1.807) is 18.9 Å². The van der Waals surface area contributed by atoms with E-state index in [0.29, 0.717) is 25.1 Å². The summed E-state index contributed by atoms with van der Waals surface area (Å²) in [5.74, 6) is -1.10. The molecular formula is C25H54BrN3O9. The fraction of sp³-hybridized carbons (Fsp3) is 0.760. The largest absolute Gasteiger partial charge is 0.480 e. The average Bonchev–Trinajstić information content (AvgIpc) is 2.89. The lowest BCUT2D eigenvalue weighted by Crippen LogP contribution is -2.27. The Bertz CT molecular complexity index is 471. The number of carboxylic acid groups (broad SMARTS) is 1. The number of nitrogens with zero attached hydrogens (tertiary/aromatic N) is 2. The molecule has 0 aromatic carbocycles. The molecule has 0 saturated carbocycles. The molecule has 0 aromatic rings. The van der Waals surface area contributed by atoms with Crippen molar-refractivity contribution in [2.45, 2.75) is 53.9 Å². The summed E-state index contributed by atoms with van der Waals surface area (Å²) >= 11 is 2.94. The van der Waals surface area contributed by atoms with Gasteiger partial charge in [0, 0.05) is 0 Å². The summed E-state index contributed by atoms with van der Waals surface area (Å²) in [4.78, 5) is 58.8. The summed E-state index contributed by atoms with van der Waals surface area (Å²) in [5.41, 5.74) is 0. The second-order valence-corrected chi connectivity index (χ2v) is 7.28. The van der Waals surface area contributed by atoms with Crippen LogP contribution in [0.15, 0.2) is 0 Å². The van der Waals surface area contributed by atoms with Crippen LogP contribution in [0.1, 0.15) is 53.9 Å². The minimum atomic E-state index is -0.758. The van der Waals surface area contributed by atoms with Crippen LogP contribution in [-0.4, -0.2) is 126 Å². The van der Waals surface area contributed by atoms with Crippen LogP contribution in [-0.2, 0) is 38.2 Å². The maximum Gasteiger partial charge on any atom is 0.320 e. The van der Waals surface area contributed by atoms with E-state index < -0.39 is 5.97 Å². The van der Waals surface area contributed by atoms with Gasteiger partial charge in [-0.3, -0.25) is 24.2 Å². The second kappa shape index (κ2) is 55.3. The van der Waals surface area contributed by atoms with E-state index in [1.165, 1.54) is 6.42 Å². The average molecular weight is 621 g/mol. The first-order valence-corrected chi connectivity index (χ1v) is 13.2. The van der Waals surface area contributed by atoms with Gasteiger partial charge in [-0.2, -0.15) is 0 Å². The molecule has 0 aliphatic rings. The van der Waals surface area contributed by atoms with Crippen molar-refractivity contribution in [1.82, 2.24) is 15.1 Å². The summed E-state index contributed by atoms with van der Waals surface area (Å²) < 4.78 is 9.28. The third-order valence-electron chi connectivity index (χ3n) is 3.23. The van der Waals surface area contributed by atoms with E-state index in [-0.39, 0.29) is 18.5 Å². The number of aliphatic carboxylic acids is 1. The number of ether oxygens (including phenoxy) is 2. The number of esters is 2. The van der Waals surface area contributed by atoms with Gasteiger partial charge < -0.3 is 34.3 Å². The van der Waals surface area contributed by atoms with Crippen molar-refractivity contribution in [3.05, 3.63) is 0 Å². The maximum atomic E-state index is 10.9. The molecule has 2 N–H and O–H groups in total. The predicted octanol–water partition coefficient (Wildman–Crippen LogP) is 2.31. The van der Waals surface area contributed by atoms with Crippen molar-refractivity contribution in [2.75, 3.05) is 72.4 Å². The molecule has 0 heterocycles. The fourth-order valence-corrected chi connectivity index (χ4v) is 2.19. The highest BCUT2D eigenvalue weighted by atomic mass is 79.9. The van der Waals surface area contributed by atoms with Gasteiger partial charge in [-0.25, -0.2) is 0 Å². The first-order valence-electron chi connectivity index (χ1n) is 12.1. The number of hydrogen-bond donors (Lipinski definition) is 2. The van der Waals surface area contributed by atoms with Gasteiger partial charge in [0.25, 0.3) is 0 Å². The SMILES string of the molecule is C=O.C=O.C=O.CCCN(C)CC(=O)O.CCCN(C)CC(=O)OCC.CCCNC.CCOC(=O)CBr. The Morgan fingerprint density at radius 3 is 1.32 bits per heavy atom. The van der Waals surface area contributed by atoms with E-state index in [1.807, 2.05) is 53.2 Å². The van der Waals surface area contributed by atoms with Crippen LogP contribution in [0.4, 0.5) is 0 Å². The molecule has 0 radical (unpaired) electrons. The molecule has 0 bridgehead atoms. The van der Waals surface area contributed by atoms with E-state index in [0.717, 1.165) is 32.5 Å². The van der Waals surface area contributed by atoms with Gasteiger partial charge in [0.1, 0.15) is 25.7 Å². The Balaban J connectivity index is -0.0000000647. The van der Waals surface area contributed by atoms with Gasteiger partial charge in [0.2, 0.25) is 0 Å². The maximum absolute atomic E-state index is 10.9. The highest BCUT2D eigenvalue weighted by molar-refractivity contribution is 9.09. The van der Waals surface area contributed by atoms with E-state index in [2.05, 4.69) is 39.8 Å². The first kappa shape index (κ1) is 52.3. The zero-order chi connectivity index (χ0) is 31.8. The summed E-state index contributed by atoms with van der Waals surface area (Å²) in [6, 6.07) is 0. The molecule has 230 valence electrons. The summed E-state index contributed by atoms with van der Waals surface area (Å²) in [6.45, 7) is 20.3. The zero-order valence-corrected chi connectivity index (χ0v) is 26.5. The van der Waals surface area contributed by atoms with Gasteiger partial charge in [-0.1, -0.05) is 36.7 Å². The highest BCUT2D eigenvalue weighted by Crippen LogP contribution is 1.88. The molecule has 0 fully saturated rings. The topological polar surface area (TPSA) is 160 Å². The number of alkyl halides is 1. The molecule has 0 amide bonds. The van der Waals surface area contributed by atoms with E-state index in [4.69, 9.17) is 24.2 Å². The lowest BCUT2D eigenvalue weighted by atomic mass is 10.4. The van der Waals surface area contributed by atoms with Crippen molar-refractivity contribution in [1.29, 1.82) is 0 Å². The normalized spacial score (nSPS) is 8.29. The third-order valence-corrected chi connectivity index (χ3v) is 3.69. The molecule has 0 rings (SSSR count). The lowest BCUT2D eigenvalue weighted by Gasteiger charge is -2.13. The van der Waals surface area contributed by atoms with Gasteiger partial charge >= 0.3 is 17.9 Å². The smallest absolute Gasteiger partial charge is 0.320 e. The van der Waals surface area contributed by atoms with Crippen LogP contribution in [0.5, 0.6) is 0 Å². The second-order valence-electron chi connectivity index (χ2n) is 6.72. The van der Waals surface area contributed by atoms with Crippen LogP contribution in [0.2, 0.25) is 0 Å². The minimum absolute atomic E-state index is 0.136. The number of carbonyl (C=O) groups is 6. The van der Waals surface area contributed by atoms with Crippen molar-refractivity contribution < 1.29 is 43.3 Å². The molecule has 13 heteroatoms. The lowest BCUT2D eigenvalue weighted by molar-refractivity contribution is -0.144. The van der Waals surface area contributed by atoms with Crippen LogP contribution in [0.25, 0.3) is 0 Å². The van der Waals surface area contributed by atoms with Gasteiger partial charge in [-0.15, -0.1) is 0 Å². The number of hydrogen-bond acceptors (Lipinski definition) is 11.